The van der Waals surface area contributed by atoms with Crippen LogP contribution in [0.2, 0.25) is 0 Å². The second-order valence-electron chi connectivity index (χ2n) is 8.80. The number of fused-ring (bicyclic) bond motifs is 1. The molecule has 3 nitrogen and oxygen atoms in total. The van der Waals surface area contributed by atoms with E-state index in [1.54, 1.807) is 18.2 Å². The predicted octanol–water partition coefficient (Wildman–Crippen LogP) is 7.26. The van der Waals surface area contributed by atoms with Crippen LogP contribution in [0.1, 0.15) is 64.4 Å². The number of benzene rings is 2. The van der Waals surface area contributed by atoms with Gasteiger partial charge in [-0.05, 0) is 67.9 Å². The molecule has 2 aromatic rings. The molecule has 2 aliphatic rings. The van der Waals surface area contributed by atoms with Gasteiger partial charge < -0.3 is 14.2 Å². The molecule has 4 rings (SSSR count). The average molecular weight is 431 g/mol. The lowest BCUT2D eigenvalue weighted by molar-refractivity contribution is -0.150. The molecular weight excluding hydrogens is 398 g/mol. The molecule has 0 radical (unpaired) electrons. The van der Waals surface area contributed by atoms with E-state index in [-0.39, 0.29) is 12.4 Å². The Morgan fingerprint density at radius 1 is 0.968 bits per heavy atom. The fourth-order valence-electron chi connectivity index (χ4n) is 4.80. The van der Waals surface area contributed by atoms with Crippen LogP contribution in [0.3, 0.4) is 0 Å². The van der Waals surface area contributed by atoms with Crippen LogP contribution < -0.4 is 9.47 Å². The Hall–Kier alpha value is -2.14. The van der Waals surface area contributed by atoms with Gasteiger partial charge in [0.05, 0.1) is 13.2 Å². The second-order valence-corrected chi connectivity index (χ2v) is 8.80. The Morgan fingerprint density at radius 3 is 2.48 bits per heavy atom. The van der Waals surface area contributed by atoms with Gasteiger partial charge in [-0.1, -0.05) is 26.7 Å². The van der Waals surface area contributed by atoms with Gasteiger partial charge in [0, 0.05) is 23.1 Å². The topological polar surface area (TPSA) is 27.7 Å². The third kappa shape index (κ3) is 5.03. The van der Waals surface area contributed by atoms with Crippen LogP contribution >= 0.6 is 0 Å². The number of ether oxygens (including phenoxy) is 3. The summed E-state index contributed by atoms with van der Waals surface area (Å²) in [5.41, 5.74) is 1.43. The first kappa shape index (κ1) is 22.1. The molecule has 31 heavy (non-hydrogen) atoms. The average Bonchev–Trinajstić information content (AvgIpc) is 2.78. The summed E-state index contributed by atoms with van der Waals surface area (Å²) in [5.74, 6) is 0.917. The van der Waals surface area contributed by atoms with Crippen LogP contribution in [0.15, 0.2) is 30.3 Å². The van der Waals surface area contributed by atoms with Crippen molar-refractivity contribution in [2.45, 2.75) is 71.7 Å². The second kappa shape index (κ2) is 9.99. The lowest BCUT2D eigenvalue weighted by Crippen LogP contribution is -2.35. The van der Waals surface area contributed by atoms with Crippen molar-refractivity contribution >= 4 is 0 Å². The van der Waals surface area contributed by atoms with E-state index < -0.39 is 17.9 Å². The molecular formula is C26H32F2O3. The van der Waals surface area contributed by atoms with E-state index in [1.807, 2.05) is 6.92 Å². The van der Waals surface area contributed by atoms with Gasteiger partial charge in [-0.2, -0.15) is 0 Å². The summed E-state index contributed by atoms with van der Waals surface area (Å²) in [6.07, 6.45) is 7.44. The van der Waals surface area contributed by atoms with Gasteiger partial charge in [0.1, 0.15) is 11.6 Å². The maximum Gasteiger partial charge on any atom is 0.203 e. The van der Waals surface area contributed by atoms with Gasteiger partial charge >= 0.3 is 0 Å². The smallest absolute Gasteiger partial charge is 0.203 e. The molecule has 0 aromatic heterocycles. The Bertz CT molecular complexity index is 890. The zero-order valence-electron chi connectivity index (χ0n) is 18.5. The van der Waals surface area contributed by atoms with Crippen molar-refractivity contribution in [1.82, 2.24) is 0 Å². The fourth-order valence-corrected chi connectivity index (χ4v) is 4.80. The quantitative estimate of drug-likeness (QED) is 0.463. The van der Waals surface area contributed by atoms with Gasteiger partial charge in [-0.15, -0.1) is 0 Å². The summed E-state index contributed by atoms with van der Waals surface area (Å²) in [7, 11) is 0. The number of hydrogen-bond acceptors (Lipinski definition) is 3. The van der Waals surface area contributed by atoms with Gasteiger partial charge in [0.15, 0.2) is 11.6 Å². The molecule has 0 amide bonds. The van der Waals surface area contributed by atoms with Crippen molar-refractivity contribution in [2.24, 2.45) is 11.8 Å². The minimum atomic E-state index is -0.467. The molecule has 0 saturated heterocycles. The third-order valence-corrected chi connectivity index (χ3v) is 6.46. The van der Waals surface area contributed by atoms with Gasteiger partial charge in [0.2, 0.25) is 6.29 Å². The molecule has 1 atom stereocenters. The summed E-state index contributed by atoms with van der Waals surface area (Å²) >= 11 is 0. The van der Waals surface area contributed by atoms with E-state index in [9.17, 15) is 8.78 Å². The van der Waals surface area contributed by atoms with Crippen LogP contribution in [-0.4, -0.2) is 12.9 Å². The monoisotopic (exact) mass is 430 g/mol. The molecule has 0 spiro atoms. The Morgan fingerprint density at radius 2 is 1.77 bits per heavy atom. The predicted molar refractivity (Wildman–Crippen MR) is 117 cm³/mol. The molecule has 5 heteroatoms. The third-order valence-electron chi connectivity index (χ3n) is 6.46. The van der Waals surface area contributed by atoms with Crippen LogP contribution in [0.5, 0.6) is 11.5 Å². The number of halogens is 2. The Balaban J connectivity index is 1.48. The molecule has 1 saturated carbocycles. The maximum absolute atomic E-state index is 15.0. The van der Waals surface area contributed by atoms with E-state index in [1.165, 1.54) is 37.8 Å². The number of hydrogen-bond donors (Lipinski definition) is 0. The molecule has 1 heterocycles. The molecule has 168 valence electrons. The Labute approximate surface area is 183 Å². The summed E-state index contributed by atoms with van der Waals surface area (Å²) in [6.45, 7) is 5.03. The lowest BCUT2D eigenvalue weighted by Gasteiger charge is -2.36. The standard InChI is InChI=1S/C26H32F2O3/c1-3-5-17-6-8-18(9-7-17)26-30-16-20-13-19(14-24(28)25(20)31-26)22-11-10-21(15-23(22)27)29-12-4-2/h10-11,13-15,17-18,26H,3-9,12,16H2,1-2H3. The first-order valence-electron chi connectivity index (χ1n) is 11.6. The van der Waals surface area contributed by atoms with Crippen LogP contribution in [0, 0.1) is 23.5 Å². The first-order chi connectivity index (χ1) is 15.1. The minimum absolute atomic E-state index is 0.249. The van der Waals surface area contributed by atoms with E-state index in [0.717, 1.165) is 25.2 Å². The fraction of sp³-hybridized carbons (Fsp3) is 0.538. The normalized spacial score (nSPS) is 23.2. The molecule has 2 aromatic carbocycles. The zero-order chi connectivity index (χ0) is 21.8. The van der Waals surface area contributed by atoms with Crippen molar-refractivity contribution < 1.29 is 23.0 Å². The molecule has 1 fully saturated rings. The van der Waals surface area contributed by atoms with Crippen LogP contribution in [0.4, 0.5) is 8.78 Å². The summed E-state index contributed by atoms with van der Waals surface area (Å²) in [4.78, 5) is 0. The number of rotatable bonds is 7. The Kier molecular flexibility index (Phi) is 7.11. The first-order valence-corrected chi connectivity index (χ1v) is 11.6. The SMILES string of the molecule is CCCOc1ccc(-c2cc(F)c3c(c2)COC(C2CCC(CCC)CC2)O3)c(F)c1. The van der Waals surface area contributed by atoms with Crippen molar-refractivity contribution in [2.75, 3.05) is 6.61 Å². The molecule has 0 N–H and O–H groups in total. The van der Waals surface area contributed by atoms with Gasteiger partial charge in [0.25, 0.3) is 0 Å². The molecule has 1 aliphatic heterocycles. The highest BCUT2D eigenvalue weighted by Gasteiger charge is 2.33. The van der Waals surface area contributed by atoms with E-state index in [0.29, 0.717) is 35.0 Å². The van der Waals surface area contributed by atoms with Crippen molar-refractivity contribution in [3.63, 3.8) is 0 Å². The lowest BCUT2D eigenvalue weighted by atomic mass is 9.79. The van der Waals surface area contributed by atoms with E-state index in [2.05, 4.69) is 6.92 Å². The maximum atomic E-state index is 15.0. The van der Waals surface area contributed by atoms with Crippen molar-refractivity contribution in [1.29, 1.82) is 0 Å². The van der Waals surface area contributed by atoms with Crippen molar-refractivity contribution in [3.8, 4) is 22.6 Å². The summed E-state index contributed by atoms with van der Waals surface area (Å²) in [5, 5.41) is 0. The van der Waals surface area contributed by atoms with Gasteiger partial charge in [-0.3, -0.25) is 0 Å². The minimum Gasteiger partial charge on any atom is -0.494 e. The molecule has 1 unspecified atom stereocenters. The highest BCUT2D eigenvalue weighted by molar-refractivity contribution is 5.67. The summed E-state index contributed by atoms with van der Waals surface area (Å²) < 4.78 is 47.0. The zero-order valence-corrected chi connectivity index (χ0v) is 18.5. The van der Waals surface area contributed by atoms with Crippen LogP contribution in [0.25, 0.3) is 11.1 Å². The largest absolute Gasteiger partial charge is 0.494 e. The van der Waals surface area contributed by atoms with Crippen LogP contribution in [-0.2, 0) is 11.3 Å². The van der Waals surface area contributed by atoms with E-state index in [4.69, 9.17) is 14.2 Å². The molecule has 1 aliphatic carbocycles. The summed E-state index contributed by atoms with van der Waals surface area (Å²) in [6, 6.07) is 7.80. The molecule has 0 bridgehead atoms. The van der Waals surface area contributed by atoms with Crippen molar-refractivity contribution in [3.05, 3.63) is 47.5 Å². The highest BCUT2D eigenvalue weighted by atomic mass is 19.1. The van der Waals surface area contributed by atoms with E-state index >= 15 is 0 Å². The highest BCUT2D eigenvalue weighted by Crippen LogP contribution is 2.40. The van der Waals surface area contributed by atoms with Gasteiger partial charge in [-0.25, -0.2) is 8.78 Å².